The lowest BCUT2D eigenvalue weighted by molar-refractivity contribution is 0.414. The van der Waals surface area contributed by atoms with Crippen LogP contribution in [0.3, 0.4) is 0 Å². The number of nitrogens with one attached hydrogen (secondary N) is 2. The van der Waals surface area contributed by atoms with E-state index in [0.717, 1.165) is 24.4 Å². The minimum Gasteiger partial charge on any atom is -0.495 e. The Labute approximate surface area is 127 Å². The maximum Gasteiger partial charge on any atom is 0.143 e. The average Bonchev–Trinajstić information content (AvgIpc) is 2.76. The molecule has 2 rings (SSSR count). The lowest BCUT2D eigenvalue weighted by Crippen LogP contribution is -2.33. The van der Waals surface area contributed by atoms with E-state index in [9.17, 15) is 0 Å². The molecule has 1 aromatic rings. The number of nitriles is 1. The minimum atomic E-state index is 0.363. The first-order valence-electron chi connectivity index (χ1n) is 7.81. The van der Waals surface area contributed by atoms with Crippen LogP contribution in [-0.4, -0.2) is 25.7 Å². The first-order valence-corrected chi connectivity index (χ1v) is 7.81. The van der Waals surface area contributed by atoms with Crippen molar-refractivity contribution in [3.8, 4) is 11.8 Å². The van der Waals surface area contributed by atoms with E-state index in [2.05, 4.69) is 23.6 Å². The molecule has 1 aliphatic rings. The summed E-state index contributed by atoms with van der Waals surface area (Å²) in [6.45, 7) is 3.34. The van der Waals surface area contributed by atoms with Crippen molar-refractivity contribution in [1.82, 2.24) is 5.32 Å². The van der Waals surface area contributed by atoms with Crippen LogP contribution in [0.1, 0.15) is 44.6 Å². The zero-order valence-corrected chi connectivity index (χ0v) is 13.0. The fraction of sp³-hybridized carbons (Fsp3) is 0.588. The van der Waals surface area contributed by atoms with Gasteiger partial charge in [0.1, 0.15) is 5.75 Å². The van der Waals surface area contributed by atoms with E-state index in [1.54, 1.807) is 13.2 Å². The molecule has 0 amide bonds. The molecular weight excluding hydrogens is 262 g/mol. The number of anilines is 1. The average molecular weight is 287 g/mol. The van der Waals surface area contributed by atoms with Crippen LogP contribution in [0.25, 0.3) is 0 Å². The third-order valence-corrected chi connectivity index (χ3v) is 4.03. The Morgan fingerprint density at radius 2 is 2.29 bits per heavy atom. The van der Waals surface area contributed by atoms with Gasteiger partial charge in [0.2, 0.25) is 0 Å². The van der Waals surface area contributed by atoms with E-state index < -0.39 is 0 Å². The Balaban J connectivity index is 1.95. The van der Waals surface area contributed by atoms with Gasteiger partial charge in [-0.25, -0.2) is 0 Å². The highest BCUT2D eigenvalue weighted by Gasteiger charge is 2.16. The molecule has 0 saturated carbocycles. The molecule has 2 atom stereocenters. The van der Waals surface area contributed by atoms with Gasteiger partial charge in [0.15, 0.2) is 0 Å². The lowest BCUT2D eigenvalue weighted by Gasteiger charge is -2.23. The maximum absolute atomic E-state index is 8.94. The maximum atomic E-state index is 8.94. The third-order valence-electron chi connectivity index (χ3n) is 4.03. The molecule has 1 aromatic carbocycles. The Morgan fingerprint density at radius 3 is 3.05 bits per heavy atom. The van der Waals surface area contributed by atoms with Crippen molar-refractivity contribution in [1.29, 1.82) is 5.26 Å². The molecule has 4 nitrogen and oxygen atoms in total. The van der Waals surface area contributed by atoms with Gasteiger partial charge in [-0.3, -0.25) is 0 Å². The molecule has 1 fully saturated rings. The molecule has 2 unspecified atom stereocenters. The van der Waals surface area contributed by atoms with E-state index in [4.69, 9.17) is 10.00 Å². The van der Waals surface area contributed by atoms with E-state index in [1.807, 2.05) is 12.1 Å². The van der Waals surface area contributed by atoms with Gasteiger partial charge in [-0.2, -0.15) is 5.26 Å². The summed E-state index contributed by atoms with van der Waals surface area (Å²) in [5, 5.41) is 16.1. The van der Waals surface area contributed by atoms with Gasteiger partial charge < -0.3 is 15.4 Å². The van der Waals surface area contributed by atoms with Crippen LogP contribution < -0.4 is 15.4 Å². The number of benzene rings is 1. The zero-order valence-electron chi connectivity index (χ0n) is 13.0. The first kappa shape index (κ1) is 15.7. The summed E-state index contributed by atoms with van der Waals surface area (Å²) < 4.78 is 5.37. The van der Waals surface area contributed by atoms with E-state index in [0.29, 0.717) is 17.6 Å². The molecule has 1 saturated heterocycles. The fourth-order valence-corrected chi connectivity index (χ4v) is 2.93. The summed E-state index contributed by atoms with van der Waals surface area (Å²) in [6.07, 6.45) is 6.32. The second-order valence-corrected chi connectivity index (χ2v) is 5.81. The molecule has 0 aromatic heterocycles. The lowest BCUT2D eigenvalue weighted by atomic mass is 10.0. The summed E-state index contributed by atoms with van der Waals surface area (Å²) in [4.78, 5) is 0. The number of ether oxygens (including phenoxy) is 1. The molecule has 0 bridgehead atoms. The Hall–Kier alpha value is -1.73. The molecule has 21 heavy (non-hydrogen) atoms. The van der Waals surface area contributed by atoms with Crippen LogP contribution in [0.4, 0.5) is 5.69 Å². The highest BCUT2D eigenvalue weighted by Crippen LogP contribution is 2.26. The number of nitrogens with zero attached hydrogens (tertiary/aromatic N) is 1. The predicted molar refractivity (Wildman–Crippen MR) is 85.7 cm³/mol. The molecule has 4 heteroatoms. The monoisotopic (exact) mass is 287 g/mol. The van der Waals surface area contributed by atoms with Gasteiger partial charge in [-0.15, -0.1) is 0 Å². The normalized spacial score (nSPS) is 20.1. The van der Waals surface area contributed by atoms with E-state index in [1.165, 1.54) is 25.7 Å². The SMILES string of the molecule is COc1cc(C#N)ccc1NC(C)CC1CCCCCN1. The molecule has 0 aliphatic carbocycles. The Morgan fingerprint density at radius 1 is 1.43 bits per heavy atom. The molecular formula is C17H25N3O. The smallest absolute Gasteiger partial charge is 0.143 e. The number of hydrogen-bond donors (Lipinski definition) is 2. The van der Waals surface area contributed by atoms with Crippen molar-refractivity contribution in [2.45, 2.75) is 51.1 Å². The number of rotatable bonds is 5. The summed E-state index contributed by atoms with van der Waals surface area (Å²) in [6, 6.07) is 8.62. The highest BCUT2D eigenvalue weighted by atomic mass is 16.5. The van der Waals surface area contributed by atoms with Gasteiger partial charge in [-0.1, -0.05) is 12.8 Å². The van der Waals surface area contributed by atoms with Crippen LogP contribution in [0, 0.1) is 11.3 Å². The second kappa shape index (κ2) is 7.90. The highest BCUT2D eigenvalue weighted by molar-refractivity contribution is 5.59. The molecule has 1 aliphatic heterocycles. The summed E-state index contributed by atoms with van der Waals surface area (Å²) in [5.41, 5.74) is 1.58. The van der Waals surface area contributed by atoms with Crippen molar-refractivity contribution in [2.75, 3.05) is 19.0 Å². The molecule has 1 heterocycles. The van der Waals surface area contributed by atoms with Crippen molar-refractivity contribution < 1.29 is 4.74 Å². The van der Waals surface area contributed by atoms with Gasteiger partial charge in [0.05, 0.1) is 24.4 Å². The fourth-order valence-electron chi connectivity index (χ4n) is 2.93. The van der Waals surface area contributed by atoms with Crippen molar-refractivity contribution in [3.05, 3.63) is 23.8 Å². The molecule has 0 spiro atoms. The van der Waals surface area contributed by atoms with Gasteiger partial charge in [0, 0.05) is 18.2 Å². The number of hydrogen-bond acceptors (Lipinski definition) is 4. The largest absolute Gasteiger partial charge is 0.495 e. The molecule has 114 valence electrons. The van der Waals surface area contributed by atoms with Crippen molar-refractivity contribution >= 4 is 5.69 Å². The topological polar surface area (TPSA) is 57.1 Å². The zero-order chi connectivity index (χ0) is 15.1. The standard InChI is InChI=1S/C17H25N3O/c1-13(10-15-6-4-3-5-9-19-15)20-16-8-7-14(12-18)11-17(16)21-2/h7-8,11,13,15,19-20H,3-6,9-10H2,1-2H3. The van der Waals surface area contributed by atoms with Crippen molar-refractivity contribution in [3.63, 3.8) is 0 Å². The van der Waals surface area contributed by atoms with E-state index >= 15 is 0 Å². The molecule has 2 N–H and O–H groups in total. The van der Waals surface area contributed by atoms with Crippen molar-refractivity contribution in [2.24, 2.45) is 0 Å². The molecule has 0 radical (unpaired) electrons. The Bertz CT molecular complexity index is 487. The van der Waals surface area contributed by atoms with Crippen LogP contribution in [0.5, 0.6) is 5.75 Å². The Kier molecular flexibility index (Phi) is 5.89. The summed E-state index contributed by atoms with van der Waals surface area (Å²) >= 11 is 0. The summed E-state index contributed by atoms with van der Waals surface area (Å²) in [5.74, 6) is 0.731. The minimum absolute atomic E-state index is 0.363. The van der Waals surface area contributed by atoms with Crippen LogP contribution in [0.2, 0.25) is 0 Å². The van der Waals surface area contributed by atoms with Gasteiger partial charge >= 0.3 is 0 Å². The van der Waals surface area contributed by atoms with Crippen LogP contribution >= 0.6 is 0 Å². The van der Waals surface area contributed by atoms with Gasteiger partial charge in [-0.05, 0) is 44.9 Å². The van der Waals surface area contributed by atoms with Crippen LogP contribution in [-0.2, 0) is 0 Å². The van der Waals surface area contributed by atoms with E-state index in [-0.39, 0.29) is 0 Å². The van der Waals surface area contributed by atoms with Crippen LogP contribution in [0.15, 0.2) is 18.2 Å². The first-order chi connectivity index (χ1) is 10.2. The van der Waals surface area contributed by atoms with Gasteiger partial charge in [0.25, 0.3) is 0 Å². The predicted octanol–water partition coefficient (Wildman–Crippen LogP) is 3.29. The quantitative estimate of drug-likeness (QED) is 0.872. The third kappa shape index (κ3) is 4.64. The summed E-state index contributed by atoms with van der Waals surface area (Å²) in [7, 11) is 1.64. The second-order valence-electron chi connectivity index (χ2n) is 5.81. The number of methoxy groups -OCH3 is 1.